The minimum absolute atomic E-state index is 0.427. The van der Waals surface area contributed by atoms with Gasteiger partial charge in [0.25, 0.3) is 0 Å². The van der Waals surface area contributed by atoms with Gasteiger partial charge in [0.2, 0.25) is 4.77 Å². The highest BCUT2D eigenvalue weighted by atomic mass is 35.5. The van der Waals surface area contributed by atoms with E-state index in [-0.39, 0.29) is 0 Å². The molecule has 0 bridgehead atoms. The summed E-state index contributed by atoms with van der Waals surface area (Å²) in [7, 11) is 1.62. The molecular formula is C20H17ClN4O2S. The van der Waals surface area contributed by atoms with Gasteiger partial charge in [-0.05, 0) is 48.6 Å². The fourth-order valence-corrected chi connectivity index (χ4v) is 3.27. The molecular weight excluding hydrogens is 396 g/mol. The van der Waals surface area contributed by atoms with E-state index in [4.69, 9.17) is 33.0 Å². The monoisotopic (exact) mass is 412 g/mol. The Balaban J connectivity index is 1.57. The van der Waals surface area contributed by atoms with Crippen LogP contribution < -0.4 is 10.2 Å². The molecule has 0 saturated carbocycles. The molecule has 2 heterocycles. The second-order valence-electron chi connectivity index (χ2n) is 6.00. The van der Waals surface area contributed by atoms with Crippen LogP contribution in [0.15, 0.2) is 65.1 Å². The maximum absolute atomic E-state index is 6.06. The Morgan fingerprint density at radius 3 is 2.86 bits per heavy atom. The number of ether oxygens (including phenoxy) is 1. The Morgan fingerprint density at radius 2 is 2.04 bits per heavy atom. The van der Waals surface area contributed by atoms with Gasteiger partial charge in [-0.3, -0.25) is 0 Å². The summed E-state index contributed by atoms with van der Waals surface area (Å²) in [5, 5.41) is 7.81. The molecule has 2 aromatic heterocycles. The van der Waals surface area contributed by atoms with Gasteiger partial charge < -0.3 is 14.6 Å². The summed E-state index contributed by atoms with van der Waals surface area (Å²) in [5.41, 5.74) is 4.99. The minimum Gasteiger partial charge on any atom is -0.496 e. The summed E-state index contributed by atoms with van der Waals surface area (Å²) in [6.45, 7) is 0.427. The molecule has 0 aliphatic carbocycles. The lowest BCUT2D eigenvalue weighted by Crippen LogP contribution is -2.15. The van der Waals surface area contributed by atoms with Crippen LogP contribution in [0.1, 0.15) is 5.76 Å². The first kappa shape index (κ1) is 18.3. The van der Waals surface area contributed by atoms with Crippen molar-refractivity contribution in [1.29, 1.82) is 0 Å². The largest absolute Gasteiger partial charge is 0.496 e. The Hall–Kier alpha value is -3.03. The van der Waals surface area contributed by atoms with E-state index in [1.807, 2.05) is 60.7 Å². The van der Waals surface area contributed by atoms with E-state index < -0.39 is 0 Å². The minimum atomic E-state index is 0.427. The molecule has 0 aliphatic heterocycles. The third kappa shape index (κ3) is 3.67. The second-order valence-corrected chi connectivity index (χ2v) is 6.82. The van der Waals surface area contributed by atoms with Crippen LogP contribution in [0.25, 0.3) is 22.7 Å². The second kappa shape index (κ2) is 7.92. The van der Waals surface area contributed by atoms with Gasteiger partial charge in [-0.25, -0.2) is 9.77 Å². The van der Waals surface area contributed by atoms with Crippen LogP contribution in [0.2, 0.25) is 5.02 Å². The first-order chi connectivity index (χ1) is 13.7. The van der Waals surface area contributed by atoms with Gasteiger partial charge in [0, 0.05) is 10.6 Å². The number of halogens is 1. The zero-order valence-electron chi connectivity index (χ0n) is 15.0. The third-order valence-electron chi connectivity index (χ3n) is 4.20. The Labute approximate surface area is 171 Å². The number of nitrogens with one attached hydrogen (secondary N) is 2. The first-order valence-electron chi connectivity index (χ1n) is 8.55. The zero-order valence-corrected chi connectivity index (χ0v) is 16.6. The van der Waals surface area contributed by atoms with Gasteiger partial charge in [-0.1, -0.05) is 35.9 Å². The molecule has 6 nitrogen and oxygen atoms in total. The number of hydrogen-bond acceptors (Lipinski definition) is 5. The van der Waals surface area contributed by atoms with E-state index in [2.05, 4.69) is 15.6 Å². The van der Waals surface area contributed by atoms with Crippen molar-refractivity contribution in [3.63, 3.8) is 0 Å². The van der Waals surface area contributed by atoms with E-state index in [1.54, 1.807) is 11.8 Å². The van der Waals surface area contributed by atoms with Crippen LogP contribution in [-0.2, 0) is 6.54 Å². The van der Waals surface area contributed by atoms with Crippen molar-refractivity contribution in [2.75, 3.05) is 12.5 Å². The number of benzene rings is 2. The predicted molar refractivity (Wildman–Crippen MR) is 112 cm³/mol. The summed E-state index contributed by atoms with van der Waals surface area (Å²) < 4.78 is 13.5. The van der Waals surface area contributed by atoms with Crippen molar-refractivity contribution in [1.82, 2.24) is 14.9 Å². The average molecular weight is 413 g/mol. The Morgan fingerprint density at radius 1 is 1.18 bits per heavy atom. The third-order valence-corrected chi connectivity index (χ3v) is 4.71. The number of hydrogen-bond donors (Lipinski definition) is 2. The van der Waals surface area contributed by atoms with Crippen molar-refractivity contribution in [3.8, 4) is 28.5 Å². The van der Waals surface area contributed by atoms with Crippen LogP contribution in [0, 0.1) is 4.77 Å². The van der Waals surface area contributed by atoms with Crippen LogP contribution in [0.5, 0.6) is 5.75 Å². The molecule has 0 spiro atoms. The van der Waals surface area contributed by atoms with Crippen LogP contribution in [0.3, 0.4) is 0 Å². The lowest BCUT2D eigenvalue weighted by atomic mass is 10.2. The molecule has 0 fully saturated rings. The van der Waals surface area contributed by atoms with Crippen LogP contribution in [0.4, 0.5) is 0 Å². The number of para-hydroxylation sites is 1. The van der Waals surface area contributed by atoms with Crippen molar-refractivity contribution in [2.24, 2.45) is 0 Å². The van der Waals surface area contributed by atoms with Crippen molar-refractivity contribution >= 4 is 23.8 Å². The molecule has 0 amide bonds. The number of rotatable bonds is 6. The van der Waals surface area contributed by atoms with Crippen LogP contribution >= 0.6 is 23.8 Å². The fraction of sp³-hybridized carbons (Fsp3) is 0.100. The molecule has 28 heavy (non-hydrogen) atoms. The fourth-order valence-electron chi connectivity index (χ4n) is 2.88. The topological polar surface area (TPSA) is 68.0 Å². The maximum atomic E-state index is 6.06. The summed E-state index contributed by atoms with van der Waals surface area (Å²) >= 11 is 11.4. The number of aromatic amines is 1. The summed E-state index contributed by atoms with van der Waals surface area (Å²) in [4.78, 5) is 0. The number of H-pyrrole nitrogens is 1. The number of nitrogens with zero attached hydrogens (tertiary/aromatic N) is 2. The van der Waals surface area contributed by atoms with E-state index in [0.29, 0.717) is 27.9 Å². The van der Waals surface area contributed by atoms with Crippen molar-refractivity contribution < 1.29 is 9.15 Å². The van der Waals surface area contributed by atoms with E-state index in [1.165, 1.54) is 0 Å². The highest BCUT2D eigenvalue weighted by molar-refractivity contribution is 7.71. The molecule has 142 valence electrons. The quantitative estimate of drug-likeness (QED) is 0.422. The number of furan rings is 1. The Kier molecular flexibility index (Phi) is 5.18. The first-order valence-corrected chi connectivity index (χ1v) is 9.33. The molecule has 0 radical (unpaired) electrons. The molecule has 8 heteroatoms. The molecule has 0 atom stereocenters. The number of methoxy groups -OCH3 is 1. The molecule has 4 rings (SSSR count). The van der Waals surface area contributed by atoms with E-state index in [9.17, 15) is 0 Å². The lowest BCUT2D eigenvalue weighted by Gasteiger charge is -2.11. The Bertz CT molecular complexity index is 1160. The lowest BCUT2D eigenvalue weighted by molar-refractivity contribution is 0.416. The highest BCUT2D eigenvalue weighted by Gasteiger charge is 2.14. The van der Waals surface area contributed by atoms with Crippen molar-refractivity contribution in [3.05, 3.63) is 76.2 Å². The smallest absolute Gasteiger partial charge is 0.214 e. The maximum Gasteiger partial charge on any atom is 0.214 e. The van der Waals surface area contributed by atoms with E-state index >= 15 is 0 Å². The zero-order chi connectivity index (χ0) is 19.5. The summed E-state index contributed by atoms with van der Waals surface area (Å²) in [6.07, 6.45) is 0. The number of aromatic nitrogens is 3. The van der Waals surface area contributed by atoms with Crippen LogP contribution in [-0.4, -0.2) is 22.0 Å². The molecule has 0 saturated heterocycles. The van der Waals surface area contributed by atoms with Gasteiger partial charge in [-0.15, -0.1) is 0 Å². The SMILES string of the molecule is COc1ccccc1-c1n[nH]c(=S)n1NCc1ccc(-c2cccc(Cl)c2)o1. The van der Waals surface area contributed by atoms with Gasteiger partial charge in [0.05, 0.1) is 19.2 Å². The van der Waals surface area contributed by atoms with Gasteiger partial charge >= 0.3 is 0 Å². The molecule has 4 aromatic rings. The normalized spacial score (nSPS) is 10.8. The summed E-state index contributed by atoms with van der Waals surface area (Å²) in [6, 6.07) is 19.0. The van der Waals surface area contributed by atoms with Gasteiger partial charge in [0.15, 0.2) is 5.82 Å². The van der Waals surface area contributed by atoms with Gasteiger partial charge in [-0.2, -0.15) is 5.10 Å². The van der Waals surface area contributed by atoms with E-state index in [0.717, 1.165) is 22.6 Å². The summed E-state index contributed by atoms with van der Waals surface area (Å²) in [5.74, 6) is 2.84. The molecule has 0 aliphatic rings. The standard InChI is InChI=1S/C20H17ClN4O2S/c1-26-18-8-3-2-7-16(18)19-23-24-20(28)25(19)22-12-15-9-10-17(27-15)13-5-4-6-14(21)11-13/h2-11,22H,12H2,1H3,(H,24,28). The average Bonchev–Trinajstić information content (AvgIpc) is 3.33. The highest BCUT2D eigenvalue weighted by Crippen LogP contribution is 2.28. The van der Waals surface area contributed by atoms with Crippen molar-refractivity contribution in [2.45, 2.75) is 6.54 Å². The molecule has 2 N–H and O–H groups in total. The van der Waals surface area contributed by atoms with Gasteiger partial charge in [0.1, 0.15) is 17.3 Å². The molecule has 0 unspecified atom stereocenters. The predicted octanol–water partition coefficient (Wildman–Crippen LogP) is 5.27. The molecule has 2 aromatic carbocycles.